The van der Waals surface area contributed by atoms with E-state index in [9.17, 15) is 9.36 Å². The SMILES string of the molecule is CC(=O)OC1C(COP(N)(=O)OC2CC=CC3=C2C=CCC3)OC(C2CN=C3C(N)=NC=NN32)C1(C)F. The second-order valence-corrected chi connectivity index (χ2v) is 11.1. The van der Waals surface area contributed by atoms with E-state index in [1.807, 2.05) is 24.3 Å². The molecule has 2 aliphatic carbocycles. The Balaban J connectivity index is 1.29. The first-order valence-corrected chi connectivity index (χ1v) is 13.7. The maximum absolute atomic E-state index is 16.2. The van der Waals surface area contributed by atoms with Gasteiger partial charge in [0.1, 0.15) is 24.6 Å². The first-order valence-electron chi connectivity index (χ1n) is 12.1. The largest absolute Gasteiger partial charge is 0.456 e. The molecule has 37 heavy (non-hydrogen) atoms. The lowest BCUT2D eigenvalue weighted by Gasteiger charge is -2.33. The molecule has 1 fully saturated rings. The lowest BCUT2D eigenvalue weighted by molar-refractivity contribution is -0.155. The van der Waals surface area contributed by atoms with Gasteiger partial charge in [0.2, 0.25) is 0 Å². The van der Waals surface area contributed by atoms with Gasteiger partial charge in [-0.15, -0.1) is 0 Å². The molecular weight excluding hydrogens is 506 g/mol. The lowest BCUT2D eigenvalue weighted by atomic mass is 9.89. The van der Waals surface area contributed by atoms with E-state index in [-0.39, 0.29) is 12.4 Å². The number of allylic oxidation sites excluding steroid dienone is 3. The Morgan fingerprint density at radius 1 is 1.38 bits per heavy atom. The summed E-state index contributed by atoms with van der Waals surface area (Å²) in [5, 5.41) is 5.59. The summed E-state index contributed by atoms with van der Waals surface area (Å²) in [6.45, 7) is 2.14. The van der Waals surface area contributed by atoms with Crippen LogP contribution >= 0.6 is 7.75 Å². The minimum atomic E-state index is -4.09. The Morgan fingerprint density at radius 3 is 2.97 bits per heavy atom. The maximum Gasteiger partial charge on any atom is 0.403 e. The number of rotatable bonds is 7. The third-order valence-corrected chi connectivity index (χ3v) is 7.99. The van der Waals surface area contributed by atoms with E-state index >= 15 is 4.39 Å². The average Bonchev–Trinajstić information content (AvgIpc) is 3.37. The normalized spacial score (nSPS) is 36.1. The molecular formula is C23H30FN6O6P. The summed E-state index contributed by atoms with van der Waals surface area (Å²) in [4.78, 5) is 20.1. The van der Waals surface area contributed by atoms with E-state index in [2.05, 4.69) is 15.1 Å². The van der Waals surface area contributed by atoms with Crippen molar-refractivity contribution in [1.82, 2.24) is 5.01 Å². The molecule has 0 radical (unpaired) electrons. The lowest BCUT2D eigenvalue weighted by Crippen LogP contribution is -2.54. The Hall–Kier alpha value is -2.70. The van der Waals surface area contributed by atoms with Crippen LogP contribution in [0.25, 0.3) is 0 Å². The van der Waals surface area contributed by atoms with Crippen LogP contribution in [0.3, 0.4) is 0 Å². The number of nitrogens with zero attached hydrogens (tertiary/aromatic N) is 4. The highest BCUT2D eigenvalue weighted by atomic mass is 31.2. The highest BCUT2D eigenvalue weighted by Crippen LogP contribution is 2.47. The second-order valence-electron chi connectivity index (χ2n) is 9.59. The number of nitrogens with two attached hydrogens (primary N) is 2. The van der Waals surface area contributed by atoms with Crippen LogP contribution in [0.1, 0.15) is 33.1 Å². The van der Waals surface area contributed by atoms with E-state index in [1.54, 1.807) is 0 Å². The number of carbonyl (C=O) groups excluding carboxylic acids is 1. The molecule has 5 rings (SSSR count). The van der Waals surface area contributed by atoms with Crippen LogP contribution in [0.2, 0.25) is 0 Å². The number of hydrogen-bond donors (Lipinski definition) is 2. The van der Waals surface area contributed by atoms with Crippen LogP contribution < -0.4 is 11.2 Å². The third-order valence-electron chi connectivity index (χ3n) is 6.93. The molecule has 0 amide bonds. The molecule has 0 aromatic rings. The molecule has 0 saturated carbocycles. The van der Waals surface area contributed by atoms with Crippen molar-refractivity contribution in [3.63, 3.8) is 0 Å². The standard InChI is InChI=1S/C23H30FN6O6P/c1-13(31)34-20-18(11-33-37(26,32)36-17-9-5-7-14-6-3-4-8-15(14)17)35-19(23(20,2)24)16-10-27-22-21(25)28-12-29-30(16)22/h4-5,7-8,12,16-20H,3,6,9-11H2,1-2H3,(H2,26,32)(H2,25,28,29). The summed E-state index contributed by atoms with van der Waals surface area (Å²) >= 11 is 0. The third kappa shape index (κ3) is 5.06. The van der Waals surface area contributed by atoms with Crippen molar-refractivity contribution in [2.75, 3.05) is 13.2 Å². The van der Waals surface area contributed by atoms with Gasteiger partial charge in [-0.05, 0) is 37.3 Å². The minimum absolute atomic E-state index is 0.131. The zero-order chi connectivity index (χ0) is 26.4. The summed E-state index contributed by atoms with van der Waals surface area (Å²) in [5.41, 5.74) is 11.7. The fraction of sp³-hybridized carbons (Fsp3) is 0.565. The average molecular weight is 537 g/mol. The molecule has 3 heterocycles. The Kier molecular flexibility index (Phi) is 6.92. The van der Waals surface area contributed by atoms with Crippen molar-refractivity contribution < 1.29 is 32.3 Å². The van der Waals surface area contributed by atoms with Gasteiger partial charge in [0.05, 0.1) is 19.3 Å². The van der Waals surface area contributed by atoms with Crippen molar-refractivity contribution in [3.05, 3.63) is 35.5 Å². The van der Waals surface area contributed by atoms with Crippen LogP contribution in [0.5, 0.6) is 0 Å². The molecule has 12 nitrogen and oxygen atoms in total. The van der Waals surface area contributed by atoms with Gasteiger partial charge >= 0.3 is 13.7 Å². The zero-order valence-corrected chi connectivity index (χ0v) is 21.4. The first-order chi connectivity index (χ1) is 17.6. The number of ether oxygens (including phenoxy) is 2. The van der Waals surface area contributed by atoms with Gasteiger partial charge in [-0.3, -0.25) is 18.8 Å². The van der Waals surface area contributed by atoms with Crippen LogP contribution in [-0.4, -0.2) is 78.3 Å². The second kappa shape index (κ2) is 9.88. The number of aliphatic imine (C=N–C) groups is 2. The van der Waals surface area contributed by atoms with Gasteiger partial charge in [0.15, 0.2) is 23.4 Å². The summed E-state index contributed by atoms with van der Waals surface area (Å²) < 4.78 is 51.9. The Morgan fingerprint density at radius 2 is 2.19 bits per heavy atom. The van der Waals surface area contributed by atoms with Crippen molar-refractivity contribution in [2.24, 2.45) is 26.3 Å². The number of hydrogen-bond acceptors (Lipinski definition) is 11. The molecule has 0 aromatic heterocycles. The minimum Gasteiger partial charge on any atom is -0.456 e. The van der Waals surface area contributed by atoms with Gasteiger partial charge < -0.3 is 15.2 Å². The highest BCUT2D eigenvalue weighted by molar-refractivity contribution is 7.51. The highest BCUT2D eigenvalue weighted by Gasteiger charge is 2.61. The summed E-state index contributed by atoms with van der Waals surface area (Å²) in [6, 6.07) is -0.684. The summed E-state index contributed by atoms with van der Waals surface area (Å²) in [6.07, 6.45) is 7.29. The molecule has 200 valence electrons. The maximum atomic E-state index is 16.2. The van der Waals surface area contributed by atoms with Gasteiger partial charge in [0.25, 0.3) is 0 Å². The Bertz CT molecular complexity index is 1200. The van der Waals surface area contributed by atoms with Gasteiger partial charge in [-0.1, -0.05) is 24.3 Å². The number of alkyl halides is 1. The van der Waals surface area contributed by atoms with Crippen molar-refractivity contribution in [2.45, 2.75) is 69.2 Å². The van der Waals surface area contributed by atoms with Crippen molar-refractivity contribution in [3.8, 4) is 0 Å². The van der Waals surface area contributed by atoms with Crippen molar-refractivity contribution in [1.29, 1.82) is 0 Å². The fourth-order valence-corrected chi connectivity index (χ4v) is 6.24. The van der Waals surface area contributed by atoms with Gasteiger partial charge in [0, 0.05) is 6.92 Å². The van der Waals surface area contributed by atoms with Gasteiger partial charge in [-0.2, -0.15) is 5.10 Å². The van der Waals surface area contributed by atoms with Crippen LogP contribution in [0.4, 0.5) is 4.39 Å². The molecule has 3 aliphatic heterocycles. The van der Waals surface area contributed by atoms with E-state index in [0.29, 0.717) is 12.3 Å². The van der Waals surface area contributed by atoms with Crippen LogP contribution in [-0.2, 0) is 27.9 Å². The predicted octanol–water partition coefficient (Wildman–Crippen LogP) is 1.89. The van der Waals surface area contributed by atoms with E-state index in [1.165, 1.54) is 25.2 Å². The molecule has 4 N–H and O–H groups in total. The number of halogens is 1. The van der Waals surface area contributed by atoms with E-state index in [0.717, 1.165) is 24.0 Å². The van der Waals surface area contributed by atoms with Crippen molar-refractivity contribution >= 4 is 31.7 Å². The quantitative estimate of drug-likeness (QED) is 0.365. The molecule has 1 saturated heterocycles. The molecule has 0 aromatic carbocycles. The van der Waals surface area contributed by atoms with Crippen LogP contribution in [0.15, 0.2) is 50.5 Å². The van der Waals surface area contributed by atoms with E-state index in [4.69, 9.17) is 29.8 Å². The molecule has 5 aliphatic rings. The summed E-state index contributed by atoms with van der Waals surface area (Å²) in [7, 11) is -4.09. The van der Waals surface area contributed by atoms with Crippen LogP contribution in [0, 0.1) is 0 Å². The smallest absolute Gasteiger partial charge is 0.403 e. The molecule has 7 unspecified atom stereocenters. The monoisotopic (exact) mass is 536 g/mol. The summed E-state index contributed by atoms with van der Waals surface area (Å²) in [5.74, 6) is -0.247. The number of amidine groups is 2. The Labute approximate surface area is 213 Å². The number of hydrazone groups is 1. The number of carbonyl (C=O) groups is 1. The first kappa shape index (κ1) is 25.9. The number of fused-ring (bicyclic) bond motifs is 1. The zero-order valence-electron chi connectivity index (χ0n) is 20.5. The molecule has 14 heteroatoms. The molecule has 7 atom stereocenters. The van der Waals surface area contributed by atoms with E-state index < -0.39 is 56.4 Å². The number of esters is 1. The fourth-order valence-electron chi connectivity index (χ4n) is 5.27. The van der Waals surface area contributed by atoms with Gasteiger partial charge in [-0.25, -0.2) is 24.5 Å². The molecule has 0 spiro atoms. The molecule has 0 bridgehead atoms. The topological polar surface area (TPSA) is 163 Å². The predicted molar refractivity (Wildman–Crippen MR) is 134 cm³/mol.